The standard InChI is InChI=1S/C27H36O7/c1-8-9-20(28)33-24(7)21-18-10-15(4)12-25(31)19(11-16(5)22(25)29)27(18,32)17(6)13-26(21,24)34-23(30)14(2)3/h8-11,14,17-19,21,31-32H,12-13H2,1-7H3/b9-8+/t17-,18+,19-,21+,24?,25-,26+,27-/m1/s1. The van der Waals surface area contributed by atoms with Gasteiger partial charge in [0.15, 0.2) is 17.0 Å². The van der Waals surface area contributed by atoms with Crippen molar-refractivity contribution in [2.75, 3.05) is 0 Å². The third kappa shape index (κ3) is 3.05. The molecule has 0 aromatic rings. The summed E-state index contributed by atoms with van der Waals surface area (Å²) in [5.41, 5.74) is -4.31. The molecule has 2 saturated carbocycles. The summed E-state index contributed by atoms with van der Waals surface area (Å²) in [6.07, 6.45) is 6.82. The van der Waals surface area contributed by atoms with Crippen molar-refractivity contribution < 1.29 is 34.1 Å². The molecule has 2 fully saturated rings. The number of ether oxygens (including phenoxy) is 2. The van der Waals surface area contributed by atoms with Crippen LogP contribution < -0.4 is 0 Å². The highest BCUT2D eigenvalue weighted by atomic mass is 16.6. The third-order valence-electron chi connectivity index (χ3n) is 8.71. The van der Waals surface area contributed by atoms with Gasteiger partial charge in [0.2, 0.25) is 0 Å². The zero-order chi connectivity index (χ0) is 25.4. The monoisotopic (exact) mass is 472 g/mol. The Hall–Kier alpha value is -2.25. The van der Waals surface area contributed by atoms with E-state index < -0.39 is 58.0 Å². The van der Waals surface area contributed by atoms with Gasteiger partial charge in [-0.2, -0.15) is 0 Å². The minimum absolute atomic E-state index is 0.108. The lowest BCUT2D eigenvalue weighted by molar-refractivity contribution is -0.189. The largest absolute Gasteiger partial charge is 0.454 e. The van der Waals surface area contributed by atoms with E-state index in [2.05, 4.69) is 0 Å². The highest BCUT2D eigenvalue weighted by Gasteiger charge is 2.87. The normalized spacial score (nSPS) is 45.1. The van der Waals surface area contributed by atoms with Gasteiger partial charge in [-0.1, -0.05) is 44.6 Å². The third-order valence-corrected chi connectivity index (χ3v) is 8.71. The molecule has 0 spiro atoms. The van der Waals surface area contributed by atoms with E-state index >= 15 is 0 Å². The van der Waals surface area contributed by atoms with Crippen LogP contribution in [0.3, 0.4) is 0 Å². The molecule has 0 aromatic carbocycles. The summed E-state index contributed by atoms with van der Waals surface area (Å²) in [5, 5.41) is 23.9. The lowest BCUT2D eigenvalue weighted by Gasteiger charge is -2.50. The van der Waals surface area contributed by atoms with Crippen LogP contribution in [0.4, 0.5) is 0 Å². The maximum atomic E-state index is 13.0. The molecule has 34 heavy (non-hydrogen) atoms. The maximum absolute atomic E-state index is 13.0. The number of ketones is 1. The van der Waals surface area contributed by atoms with Gasteiger partial charge in [0.1, 0.15) is 5.60 Å². The zero-order valence-electron chi connectivity index (χ0n) is 21.0. The average molecular weight is 473 g/mol. The van der Waals surface area contributed by atoms with Crippen LogP contribution in [-0.4, -0.2) is 50.3 Å². The molecule has 7 nitrogen and oxygen atoms in total. The summed E-state index contributed by atoms with van der Waals surface area (Å²) < 4.78 is 12.0. The number of aliphatic hydroxyl groups is 2. The van der Waals surface area contributed by atoms with Crippen LogP contribution in [-0.2, 0) is 23.9 Å². The molecule has 2 N–H and O–H groups in total. The number of hydrogen-bond acceptors (Lipinski definition) is 7. The average Bonchev–Trinajstić information content (AvgIpc) is 3.15. The van der Waals surface area contributed by atoms with E-state index in [4.69, 9.17) is 9.47 Å². The summed E-state index contributed by atoms with van der Waals surface area (Å²) in [5.74, 6) is -4.11. The first-order valence-corrected chi connectivity index (χ1v) is 12.1. The molecule has 0 aliphatic heterocycles. The van der Waals surface area contributed by atoms with E-state index in [1.54, 1.807) is 46.8 Å². The molecule has 0 amide bonds. The van der Waals surface area contributed by atoms with Gasteiger partial charge >= 0.3 is 11.9 Å². The van der Waals surface area contributed by atoms with E-state index in [1.807, 2.05) is 19.9 Å². The van der Waals surface area contributed by atoms with Crippen molar-refractivity contribution in [1.29, 1.82) is 0 Å². The molecule has 0 radical (unpaired) electrons. The quantitative estimate of drug-likeness (QED) is 0.368. The lowest BCUT2D eigenvalue weighted by Crippen LogP contribution is -2.61. The van der Waals surface area contributed by atoms with Crippen LogP contribution in [0.5, 0.6) is 0 Å². The molecule has 8 atom stereocenters. The molecule has 4 aliphatic carbocycles. The lowest BCUT2D eigenvalue weighted by atomic mass is 9.60. The summed E-state index contributed by atoms with van der Waals surface area (Å²) in [6, 6.07) is 0. The zero-order valence-corrected chi connectivity index (χ0v) is 21.0. The van der Waals surface area contributed by atoms with Crippen molar-refractivity contribution in [3.05, 3.63) is 35.5 Å². The molecule has 0 bridgehead atoms. The van der Waals surface area contributed by atoms with Crippen LogP contribution in [0.1, 0.15) is 61.3 Å². The fourth-order valence-corrected chi connectivity index (χ4v) is 7.06. The van der Waals surface area contributed by atoms with Crippen LogP contribution in [0, 0.1) is 29.6 Å². The number of rotatable bonds is 4. The van der Waals surface area contributed by atoms with Crippen molar-refractivity contribution in [2.45, 2.75) is 83.7 Å². The number of Topliss-reactive ketones (excluding diaryl/α,β-unsaturated/α-hetero) is 1. The highest BCUT2D eigenvalue weighted by Crippen LogP contribution is 2.73. The van der Waals surface area contributed by atoms with Gasteiger partial charge in [0.25, 0.3) is 0 Å². The first-order chi connectivity index (χ1) is 15.7. The number of allylic oxidation sites excluding steroid dienone is 1. The van der Waals surface area contributed by atoms with Gasteiger partial charge in [-0.15, -0.1) is 0 Å². The van der Waals surface area contributed by atoms with Crippen molar-refractivity contribution in [3.8, 4) is 0 Å². The summed E-state index contributed by atoms with van der Waals surface area (Å²) in [6.45, 7) is 12.3. The Morgan fingerprint density at radius 1 is 1.18 bits per heavy atom. The molecule has 186 valence electrons. The molecular weight excluding hydrogens is 436 g/mol. The van der Waals surface area contributed by atoms with Crippen molar-refractivity contribution in [1.82, 2.24) is 0 Å². The molecule has 4 aliphatic rings. The topological polar surface area (TPSA) is 110 Å². The van der Waals surface area contributed by atoms with Crippen LogP contribution in [0.25, 0.3) is 0 Å². The van der Waals surface area contributed by atoms with Gasteiger partial charge in [0.05, 0.1) is 17.4 Å². The molecule has 0 heterocycles. The van der Waals surface area contributed by atoms with Crippen LogP contribution in [0.2, 0.25) is 0 Å². The summed E-state index contributed by atoms with van der Waals surface area (Å²) in [4.78, 5) is 38.3. The Balaban J connectivity index is 1.86. The number of esters is 2. The van der Waals surface area contributed by atoms with Crippen LogP contribution >= 0.6 is 0 Å². The fraction of sp³-hybridized carbons (Fsp3) is 0.667. The Morgan fingerprint density at radius 2 is 1.82 bits per heavy atom. The predicted molar refractivity (Wildman–Crippen MR) is 124 cm³/mol. The molecule has 4 rings (SSSR count). The molecule has 0 aromatic heterocycles. The maximum Gasteiger partial charge on any atom is 0.331 e. The number of hydrogen-bond donors (Lipinski definition) is 2. The van der Waals surface area contributed by atoms with E-state index in [0.29, 0.717) is 5.57 Å². The summed E-state index contributed by atoms with van der Waals surface area (Å²) in [7, 11) is 0. The van der Waals surface area contributed by atoms with E-state index in [-0.39, 0.29) is 24.5 Å². The molecular formula is C27H36O7. The SMILES string of the molecule is C/C=C/C(=O)OC1(C)[C@@H]2[C@@H]3C=C(C)C[C@]4(O)C(=O)C(C)=C[C@H]4[C@@]3(O)[C@H](C)C[C@]21OC(=O)C(C)C. The molecule has 0 saturated heterocycles. The number of carbonyl (C=O) groups excluding carboxylic acids is 3. The van der Waals surface area contributed by atoms with Gasteiger partial charge in [-0.3, -0.25) is 9.59 Å². The van der Waals surface area contributed by atoms with Crippen molar-refractivity contribution >= 4 is 17.7 Å². The summed E-state index contributed by atoms with van der Waals surface area (Å²) >= 11 is 0. The van der Waals surface area contributed by atoms with Gasteiger partial charge in [-0.25, -0.2) is 4.79 Å². The smallest absolute Gasteiger partial charge is 0.331 e. The second-order valence-corrected chi connectivity index (χ2v) is 11.3. The van der Waals surface area contributed by atoms with E-state index in [1.165, 1.54) is 6.08 Å². The Kier molecular flexibility index (Phi) is 5.57. The predicted octanol–water partition coefficient (Wildman–Crippen LogP) is 3.05. The van der Waals surface area contributed by atoms with Crippen molar-refractivity contribution in [2.24, 2.45) is 29.6 Å². The van der Waals surface area contributed by atoms with Gasteiger partial charge < -0.3 is 19.7 Å². The number of fused-ring (bicyclic) bond motifs is 5. The Bertz CT molecular complexity index is 1040. The fourth-order valence-electron chi connectivity index (χ4n) is 7.06. The minimum atomic E-state index is -1.73. The second-order valence-electron chi connectivity index (χ2n) is 11.3. The van der Waals surface area contributed by atoms with E-state index in [0.717, 1.165) is 5.57 Å². The van der Waals surface area contributed by atoms with Gasteiger partial charge in [0, 0.05) is 24.3 Å². The van der Waals surface area contributed by atoms with E-state index in [9.17, 15) is 24.6 Å². The minimum Gasteiger partial charge on any atom is -0.454 e. The highest BCUT2D eigenvalue weighted by molar-refractivity contribution is 6.04. The number of carbonyl (C=O) groups is 3. The Labute approximate surface area is 200 Å². The Morgan fingerprint density at radius 3 is 2.41 bits per heavy atom. The molecule has 1 unspecified atom stereocenters. The first-order valence-electron chi connectivity index (χ1n) is 12.1. The molecule has 7 heteroatoms. The first kappa shape index (κ1) is 24.9. The van der Waals surface area contributed by atoms with Gasteiger partial charge in [-0.05, 0) is 45.6 Å². The second kappa shape index (κ2) is 7.62. The van der Waals surface area contributed by atoms with Crippen LogP contribution in [0.15, 0.2) is 35.5 Å². The van der Waals surface area contributed by atoms with Crippen molar-refractivity contribution in [3.63, 3.8) is 0 Å².